The lowest BCUT2D eigenvalue weighted by Crippen LogP contribution is -2.34. The Morgan fingerprint density at radius 3 is 2.68 bits per heavy atom. The van der Waals surface area contributed by atoms with Gasteiger partial charge in [-0.15, -0.1) is 0 Å². The first-order chi connectivity index (χ1) is 9.33. The molecular weight excluding hydrogens is 238 g/mol. The molecule has 0 spiro atoms. The van der Waals surface area contributed by atoms with Gasteiger partial charge in [-0.3, -0.25) is 0 Å². The Kier molecular flexibility index (Phi) is 10.4. The van der Waals surface area contributed by atoms with Gasteiger partial charge in [-0.25, -0.2) is 0 Å². The topological polar surface area (TPSA) is 41.5 Å². The summed E-state index contributed by atoms with van der Waals surface area (Å²) in [5.41, 5.74) is 0. The summed E-state index contributed by atoms with van der Waals surface area (Å²) in [5.74, 6) is 0.830. The third kappa shape index (κ3) is 9.42. The molecule has 0 aromatic heterocycles. The maximum absolute atomic E-state index is 9.79. The molecule has 1 atom stereocenters. The lowest BCUT2D eigenvalue weighted by Gasteiger charge is -2.22. The summed E-state index contributed by atoms with van der Waals surface area (Å²) in [5, 5.41) is 13.2. The average Bonchev–Trinajstić information content (AvgIpc) is 2.44. The van der Waals surface area contributed by atoms with Crippen LogP contribution < -0.4 is 5.32 Å². The number of hydrogen-bond acceptors (Lipinski definition) is 3. The van der Waals surface area contributed by atoms with E-state index in [1.54, 1.807) is 0 Å². The summed E-state index contributed by atoms with van der Waals surface area (Å²) in [4.78, 5) is 0. The first-order valence-electron chi connectivity index (χ1n) is 8.29. The lowest BCUT2D eigenvalue weighted by atomic mass is 9.89. The minimum absolute atomic E-state index is 0.352. The minimum Gasteiger partial charge on any atom is -0.389 e. The second-order valence-electron chi connectivity index (χ2n) is 5.95. The van der Waals surface area contributed by atoms with Crippen LogP contribution in [0, 0.1) is 5.92 Å². The SMILES string of the molecule is CCCCCCOCC(O)CNCC1CCCCC1. The van der Waals surface area contributed by atoms with Crippen LogP contribution in [0.25, 0.3) is 0 Å². The van der Waals surface area contributed by atoms with E-state index in [1.807, 2.05) is 0 Å². The van der Waals surface area contributed by atoms with Crippen molar-refractivity contribution in [2.24, 2.45) is 5.92 Å². The number of aliphatic hydroxyl groups excluding tert-OH is 1. The Morgan fingerprint density at radius 2 is 1.95 bits per heavy atom. The molecule has 0 aliphatic heterocycles. The van der Waals surface area contributed by atoms with Gasteiger partial charge in [-0.05, 0) is 31.7 Å². The summed E-state index contributed by atoms with van der Waals surface area (Å²) in [6.45, 7) is 5.21. The van der Waals surface area contributed by atoms with Gasteiger partial charge in [-0.2, -0.15) is 0 Å². The van der Waals surface area contributed by atoms with Gasteiger partial charge < -0.3 is 15.2 Å². The van der Waals surface area contributed by atoms with Crippen LogP contribution in [0.5, 0.6) is 0 Å². The molecule has 1 unspecified atom stereocenters. The molecule has 19 heavy (non-hydrogen) atoms. The molecule has 3 nitrogen and oxygen atoms in total. The Bertz CT molecular complexity index is 193. The third-order valence-electron chi connectivity index (χ3n) is 3.99. The molecule has 0 amide bonds. The molecule has 1 aliphatic carbocycles. The predicted octanol–water partition coefficient (Wildman–Crippen LogP) is 3.11. The number of aliphatic hydroxyl groups is 1. The number of rotatable bonds is 11. The largest absolute Gasteiger partial charge is 0.389 e. The quantitative estimate of drug-likeness (QED) is 0.567. The molecule has 0 saturated heterocycles. The van der Waals surface area contributed by atoms with Crippen molar-refractivity contribution in [3.05, 3.63) is 0 Å². The molecule has 0 aromatic carbocycles. The molecule has 3 heteroatoms. The fourth-order valence-corrected chi connectivity index (χ4v) is 2.75. The van der Waals surface area contributed by atoms with Crippen molar-refractivity contribution < 1.29 is 9.84 Å². The molecule has 0 heterocycles. The maximum atomic E-state index is 9.79. The van der Waals surface area contributed by atoms with Gasteiger partial charge in [0.25, 0.3) is 0 Å². The van der Waals surface area contributed by atoms with E-state index in [-0.39, 0.29) is 6.10 Å². The van der Waals surface area contributed by atoms with Gasteiger partial charge in [0.15, 0.2) is 0 Å². The highest BCUT2D eigenvalue weighted by Gasteiger charge is 2.13. The molecule has 2 N–H and O–H groups in total. The van der Waals surface area contributed by atoms with Crippen molar-refractivity contribution >= 4 is 0 Å². The monoisotopic (exact) mass is 271 g/mol. The highest BCUT2D eigenvalue weighted by atomic mass is 16.5. The third-order valence-corrected chi connectivity index (χ3v) is 3.99. The summed E-state index contributed by atoms with van der Waals surface area (Å²) >= 11 is 0. The van der Waals surface area contributed by atoms with E-state index in [9.17, 15) is 5.11 Å². The van der Waals surface area contributed by atoms with Crippen LogP contribution in [-0.2, 0) is 4.74 Å². The standard InChI is InChI=1S/C16H33NO2/c1-2-3-4-8-11-19-14-16(18)13-17-12-15-9-6-5-7-10-15/h15-18H,2-14H2,1H3. The fraction of sp³-hybridized carbons (Fsp3) is 1.00. The second-order valence-corrected chi connectivity index (χ2v) is 5.95. The number of ether oxygens (including phenoxy) is 1. The van der Waals surface area contributed by atoms with Crippen molar-refractivity contribution in [2.45, 2.75) is 70.8 Å². The van der Waals surface area contributed by atoms with E-state index >= 15 is 0 Å². The van der Waals surface area contributed by atoms with E-state index in [2.05, 4.69) is 12.2 Å². The first kappa shape index (κ1) is 16.9. The number of nitrogens with one attached hydrogen (secondary N) is 1. The molecule has 1 saturated carbocycles. The summed E-state index contributed by atoms with van der Waals surface area (Å²) in [7, 11) is 0. The summed E-state index contributed by atoms with van der Waals surface area (Å²) < 4.78 is 5.49. The Morgan fingerprint density at radius 1 is 1.16 bits per heavy atom. The molecule has 1 fully saturated rings. The molecule has 0 bridgehead atoms. The van der Waals surface area contributed by atoms with Crippen LogP contribution in [0.15, 0.2) is 0 Å². The highest BCUT2D eigenvalue weighted by molar-refractivity contribution is 4.69. The lowest BCUT2D eigenvalue weighted by molar-refractivity contribution is 0.0349. The van der Waals surface area contributed by atoms with Gasteiger partial charge in [-0.1, -0.05) is 45.4 Å². The average molecular weight is 271 g/mol. The van der Waals surface area contributed by atoms with Crippen molar-refractivity contribution in [3.63, 3.8) is 0 Å². The summed E-state index contributed by atoms with van der Waals surface area (Å²) in [6.07, 6.45) is 11.4. The fourth-order valence-electron chi connectivity index (χ4n) is 2.75. The van der Waals surface area contributed by atoms with Crippen LogP contribution in [0.3, 0.4) is 0 Å². The molecule has 0 radical (unpaired) electrons. The van der Waals surface area contributed by atoms with Gasteiger partial charge >= 0.3 is 0 Å². The normalized spacial score (nSPS) is 18.6. The Hall–Kier alpha value is -0.120. The van der Waals surface area contributed by atoms with E-state index in [1.165, 1.54) is 51.4 Å². The minimum atomic E-state index is -0.352. The second kappa shape index (κ2) is 11.7. The van der Waals surface area contributed by atoms with Crippen LogP contribution in [-0.4, -0.2) is 37.5 Å². The van der Waals surface area contributed by atoms with E-state index < -0.39 is 0 Å². The number of unbranched alkanes of at least 4 members (excludes halogenated alkanes) is 3. The van der Waals surface area contributed by atoms with Gasteiger partial charge in [0.05, 0.1) is 12.7 Å². The molecule has 1 aliphatic rings. The van der Waals surface area contributed by atoms with E-state index in [0.717, 1.165) is 25.5 Å². The van der Waals surface area contributed by atoms with Gasteiger partial charge in [0.1, 0.15) is 0 Å². The zero-order valence-electron chi connectivity index (χ0n) is 12.7. The highest BCUT2D eigenvalue weighted by Crippen LogP contribution is 2.22. The van der Waals surface area contributed by atoms with Gasteiger partial charge in [0.2, 0.25) is 0 Å². The first-order valence-corrected chi connectivity index (χ1v) is 8.29. The molecule has 1 rings (SSSR count). The van der Waals surface area contributed by atoms with Crippen molar-refractivity contribution in [3.8, 4) is 0 Å². The number of hydrogen-bond donors (Lipinski definition) is 2. The van der Waals surface area contributed by atoms with Crippen molar-refractivity contribution in [2.75, 3.05) is 26.3 Å². The van der Waals surface area contributed by atoms with Crippen LogP contribution >= 0.6 is 0 Å². The molecule has 114 valence electrons. The van der Waals surface area contributed by atoms with Crippen LogP contribution in [0.2, 0.25) is 0 Å². The summed E-state index contributed by atoms with van der Waals surface area (Å²) in [6, 6.07) is 0. The van der Waals surface area contributed by atoms with Crippen molar-refractivity contribution in [1.82, 2.24) is 5.32 Å². The van der Waals surface area contributed by atoms with Gasteiger partial charge in [0, 0.05) is 13.2 Å². The molecule has 0 aromatic rings. The van der Waals surface area contributed by atoms with Crippen LogP contribution in [0.4, 0.5) is 0 Å². The van der Waals surface area contributed by atoms with Crippen LogP contribution in [0.1, 0.15) is 64.7 Å². The smallest absolute Gasteiger partial charge is 0.0897 e. The zero-order valence-corrected chi connectivity index (χ0v) is 12.7. The van der Waals surface area contributed by atoms with Crippen molar-refractivity contribution in [1.29, 1.82) is 0 Å². The zero-order chi connectivity index (χ0) is 13.8. The Balaban J connectivity index is 1.85. The Labute approximate surface area is 119 Å². The maximum Gasteiger partial charge on any atom is 0.0897 e. The predicted molar refractivity (Wildman–Crippen MR) is 80.4 cm³/mol. The van der Waals surface area contributed by atoms with E-state index in [4.69, 9.17) is 4.74 Å². The van der Waals surface area contributed by atoms with E-state index in [0.29, 0.717) is 13.2 Å². The molecular formula is C16H33NO2.